The van der Waals surface area contributed by atoms with Gasteiger partial charge in [-0.05, 0) is 55.2 Å². The van der Waals surface area contributed by atoms with Gasteiger partial charge < -0.3 is 9.15 Å². The number of aryl methyl sites for hydroxylation is 1. The van der Waals surface area contributed by atoms with Gasteiger partial charge in [-0.2, -0.15) is 0 Å². The summed E-state index contributed by atoms with van der Waals surface area (Å²) in [4.78, 5) is 0. The van der Waals surface area contributed by atoms with Crippen LogP contribution in [0.1, 0.15) is 16.7 Å². The van der Waals surface area contributed by atoms with E-state index in [1.807, 2.05) is 12.1 Å². The summed E-state index contributed by atoms with van der Waals surface area (Å²) >= 11 is 0. The smallest absolute Gasteiger partial charge is 0.135 e. The largest absolute Gasteiger partial charge is 0.493 e. The first-order chi connectivity index (χ1) is 12.3. The van der Waals surface area contributed by atoms with Crippen molar-refractivity contribution in [2.24, 2.45) is 5.92 Å². The van der Waals surface area contributed by atoms with Crippen LogP contribution in [0.5, 0.6) is 5.75 Å². The van der Waals surface area contributed by atoms with Gasteiger partial charge in [0.2, 0.25) is 0 Å². The van der Waals surface area contributed by atoms with E-state index in [0.29, 0.717) is 5.92 Å². The first-order valence-corrected chi connectivity index (χ1v) is 8.89. The van der Waals surface area contributed by atoms with Crippen molar-refractivity contribution in [1.29, 1.82) is 0 Å². The zero-order valence-corrected chi connectivity index (χ0v) is 14.3. The van der Waals surface area contributed by atoms with E-state index in [-0.39, 0.29) is 0 Å². The molecule has 0 fully saturated rings. The first kappa shape index (κ1) is 14.6. The predicted octanol–water partition coefficient (Wildman–Crippen LogP) is 5.69. The summed E-state index contributed by atoms with van der Waals surface area (Å²) in [5.74, 6) is 1.57. The molecular weight excluding hydrogens is 308 g/mol. The van der Waals surface area contributed by atoms with Crippen molar-refractivity contribution in [2.75, 3.05) is 6.61 Å². The molecule has 0 saturated carbocycles. The minimum Gasteiger partial charge on any atom is -0.493 e. The van der Waals surface area contributed by atoms with Crippen LogP contribution in [0, 0.1) is 12.8 Å². The maximum Gasteiger partial charge on any atom is 0.135 e. The first-order valence-electron chi connectivity index (χ1n) is 8.89. The van der Waals surface area contributed by atoms with Crippen molar-refractivity contribution in [3.63, 3.8) is 0 Å². The third-order valence-corrected chi connectivity index (χ3v) is 5.16. The van der Waals surface area contributed by atoms with E-state index in [4.69, 9.17) is 9.15 Å². The monoisotopic (exact) mass is 328 g/mol. The molecule has 0 radical (unpaired) electrons. The molecule has 1 unspecified atom stereocenters. The Balaban J connectivity index is 1.45. The van der Waals surface area contributed by atoms with Gasteiger partial charge in [0.25, 0.3) is 0 Å². The Morgan fingerprint density at radius 2 is 1.80 bits per heavy atom. The third-order valence-electron chi connectivity index (χ3n) is 5.16. The van der Waals surface area contributed by atoms with Crippen LogP contribution in [-0.2, 0) is 12.8 Å². The van der Waals surface area contributed by atoms with Gasteiger partial charge in [0, 0.05) is 16.7 Å². The predicted molar refractivity (Wildman–Crippen MR) is 101 cm³/mol. The average Bonchev–Trinajstić information content (AvgIpc) is 2.99. The molecule has 0 amide bonds. The number of hydrogen-bond donors (Lipinski definition) is 0. The molecule has 2 nitrogen and oxygen atoms in total. The van der Waals surface area contributed by atoms with Gasteiger partial charge in [0.15, 0.2) is 0 Å². The highest BCUT2D eigenvalue weighted by Crippen LogP contribution is 2.32. The standard InChI is InChI=1S/C23H20O2/c1-15-6-8-21-18(10-15)12-17(14-24-21)11-16-7-9-23-20(13-16)19-4-2-3-5-22(19)25-23/h2-10,13,17H,11-12,14H2,1H3. The second kappa shape index (κ2) is 5.66. The lowest BCUT2D eigenvalue weighted by atomic mass is 9.90. The Labute approximate surface area is 147 Å². The number of benzene rings is 3. The molecule has 0 N–H and O–H groups in total. The van der Waals surface area contributed by atoms with Crippen LogP contribution in [0.2, 0.25) is 0 Å². The molecule has 1 aliphatic heterocycles. The van der Waals surface area contributed by atoms with Crippen molar-refractivity contribution in [3.05, 3.63) is 77.4 Å². The van der Waals surface area contributed by atoms with Crippen LogP contribution in [0.25, 0.3) is 21.9 Å². The normalized spacial score (nSPS) is 16.8. The summed E-state index contributed by atoms with van der Waals surface area (Å²) in [6, 6.07) is 21.3. The van der Waals surface area contributed by atoms with Crippen LogP contribution in [0.4, 0.5) is 0 Å². The number of fused-ring (bicyclic) bond motifs is 4. The van der Waals surface area contributed by atoms with Gasteiger partial charge >= 0.3 is 0 Å². The molecule has 25 heavy (non-hydrogen) atoms. The van der Waals surface area contributed by atoms with E-state index >= 15 is 0 Å². The zero-order chi connectivity index (χ0) is 16.8. The Hall–Kier alpha value is -2.74. The summed E-state index contributed by atoms with van der Waals surface area (Å²) in [7, 11) is 0. The topological polar surface area (TPSA) is 22.4 Å². The highest BCUT2D eigenvalue weighted by Gasteiger charge is 2.20. The summed E-state index contributed by atoms with van der Waals surface area (Å²) in [5, 5.41) is 2.40. The Kier molecular flexibility index (Phi) is 3.30. The van der Waals surface area contributed by atoms with Crippen LogP contribution in [-0.4, -0.2) is 6.61 Å². The quantitative estimate of drug-likeness (QED) is 0.472. The number of rotatable bonds is 2. The molecule has 2 heterocycles. The van der Waals surface area contributed by atoms with Gasteiger partial charge in [0.05, 0.1) is 6.61 Å². The van der Waals surface area contributed by atoms with Crippen molar-refractivity contribution in [1.82, 2.24) is 0 Å². The fraction of sp³-hybridized carbons (Fsp3) is 0.217. The van der Waals surface area contributed by atoms with Crippen molar-refractivity contribution in [3.8, 4) is 5.75 Å². The van der Waals surface area contributed by atoms with Gasteiger partial charge in [-0.15, -0.1) is 0 Å². The summed E-state index contributed by atoms with van der Waals surface area (Å²) in [6.07, 6.45) is 2.12. The molecule has 124 valence electrons. The minimum absolute atomic E-state index is 0.518. The number of furan rings is 1. The lowest BCUT2D eigenvalue weighted by molar-refractivity contribution is 0.221. The fourth-order valence-electron chi connectivity index (χ4n) is 3.95. The van der Waals surface area contributed by atoms with E-state index in [1.165, 1.54) is 27.5 Å². The SMILES string of the molecule is Cc1ccc2c(c1)CC(Cc1ccc3oc4ccccc4c3c1)CO2. The van der Waals surface area contributed by atoms with Gasteiger partial charge in [-0.25, -0.2) is 0 Å². The van der Waals surface area contributed by atoms with Crippen molar-refractivity contribution >= 4 is 21.9 Å². The third kappa shape index (κ3) is 2.58. The van der Waals surface area contributed by atoms with E-state index in [9.17, 15) is 0 Å². The molecule has 2 heteroatoms. The minimum atomic E-state index is 0.518. The molecule has 3 aromatic carbocycles. The van der Waals surface area contributed by atoms with Crippen LogP contribution < -0.4 is 4.74 Å². The summed E-state index contributed by atoms with van der Waals surface area (Å²) in [5.41, 5.74) is 5.91. The summed E-state index contributed by atoms with van der Waals surface area (Å²) < 4.78 is 11.9. The molecular formula is C23H20O2. The highest BCUT2D eigenvalue weighted by atomic mass is 16.5. The highest BCUT2D eigenvalue weighted by molar-refractivity contribution is 6.04. The molecule has 0 saturated heterocycles. The Morgan fingerprint density at radius 3 is 2.76 bits per heavy atom. The average molecular weight is 328 g/mol. The maximum absolute atomic E-state index is 5.99. The molecule has 0 aliphatic carbocycles. The van der Waals surface area contributed by atoms with Gasteiger partial charge in [0.1, 0.15) is 16.9 Å². The Bertz CT molecular complexity index is 1070. The zero-order valence-electron chi connectivity index (χ0n) is 14.3. The number of para-hydroxylation sites is 1. The molecule has 0 bridgehead atoms. The second-order valence-electron chi connectivity index (χ2n) is 7.13. The Morgan fingerprint density at radius 1 is 0.920 bits per heavy atom. The molecule has 0 spiro atoms. The lowest BCUT2D eigenvalue weighted by Gasteiger charge is -2.25. The van der Waals surface area contributed by atoms with Gasteiger partial charge in [-0.1, -0.05) is 42.0 Å². The van der Waals surface area contributed by atoms with Crippen LogP contribution >= 0.6 is 0 Å². The van der Waals surface area contributed by atoms with Crippen molar-refractivity contribution in [2.45, 2.75) is 19.8 Å². The van der Waals surface area contributed by atoms with Gasteiger partial charge in [-0.3, -0.25) is 0 Å². The number of hydrogen-bond acceptors (Lipinski definition) is 2. The fourth-order valence-corrected chi connectivity index (χ4v) is 3.95. The maximum atomic E-state index is 5.99. The molecule has 1 aromatic heterocycles. The van der Waals surface area contributed by atoms with Crippen LogP contribution in [0.3, 0.4) is 0 Å². The molecule has 1 aliphatic rings. The lowest BCUT2D eigenvalue weighted by Crippen LogP contribution is -2.22. The molecule has 5 rings (SSSR count). The summed E-state index contributed by atoms with van der Waals surface area (Å²) in [6.45, 7) is 2.93. The molecule has 4 aromatic rings. The van der Waals surface area contributed by atoms with E-state index in [1.54, 1.807) is 0 Å². The van der Waals surface area contributed by atoms with Crippen molar-refractivity contribution < 1.29 is 9.15 Å². The molecule has 1 atom stereocenters. The second-order valence-corrected chi connectivity index (χ2v) is 7.13. The van der Waals surface area contributed by atoms with E-state index in [0.717, 1.165) is 36.4 Å². The van der Waals surface area contributed by atoms with E-state index in [2.05, 4.69) is 55.5 Å². The van der Waals surface area contributed by atoms with Crippen LogP contribution in [0.15, 0.2) is 65.1 Å². The number of ether oxygens (including phenoxy) is 1. The van der Waals surface area contributed by atoms with E-state index < -0.39 is 0 Å².